The number of anilines is 2. The molecule has 2 aromatic carbocycles. The number of ether oxygens (including phenoxy) is 1. The average molecular weight is 388 g/mol. The summed E-state index contributed by atoms with van der Waals surface area (Å²) in [7, 11) is 0. The Morgan fingerprint density at radius 3 is 2.17 bits per heavy atom. The molecule has 0 aliphatic carbocycles. The molecule has 2 aromatic rings. The summed E-state index contributed by atoms with van der Waals surface area (Å²) < 4.78 is 6.11. The van der Waals surface area contributed by atoms with Gasteiger partial charge in [0.15, 0.2) is 6.29 Å². The molecule has 2 aliphatic heterocycles. The number of carbonyl (C=O) groups is 2. The van der Waals surface area contributed by atoms with Gasteiger partial charge < -0.3 is 16.2 Å². The van der Waals surface area contributed by atoms with Crippen LogP contribution in [-0.4, -0.2) is 23.4 Å². The number of nitrogen functional groups attached to an aromatic ring is 2. The van der Waals surface area contributed by atoms with Crippen molar-refractivity contribution in [3.05, 3.63) is 70.8 Å². The highest BCUT2D eigenvalue weighted by molar-refractivity contribution is 6.13. The van der Waals surface area contributed by atoms with Crippen molar-refractivity contribution >= 4 is 29.8 Å². The van der Waals surface area contributed by atoms with E-state index in [1.165, 1.54) is 5.01 Å². The fourth-order valence-corrected chi connectivity index (χ4v) is 4.08. The van der Waals surface area contributed by atoms with E-state index < -0.39 is 5.54 Å². The molecule has 0 radical (unpaired) electrons. The van der Waals surface area contributed by atoms with Crippen LogP contribution >= 0.6 is 0 Å². The molecule has 146 valence electrons. The molecular weight excluding hydrogens is 368 g/mol. The number of benzene rings is 2. The number of rotatable bonds is 3. The number of aldehydes is 1. The Morgan fingerprint density at radius 2 is 1.66 bits per heavy atom. The molecule has 0 atom stereocenters. The van der Waals surface area contributed by atoms with Gasteiger partial charge in [0.25, 0.3) is 5.91 Å². The third kappa shape index (κ3) is 2.47. The van der Waals surface area contributed by atoms with Crippen LogP contribution in [0.3, 0.4) is 0 Å². The molecule has 7 heteroatoms. The van der Waals surface area contributed by atoms with E-state index in [9.17, 15) is 9.59 Å². The molecule has 29 heavy (non-hydrogen) atoms. The van der Waals surface area contributed by atoms with Crippen LogP contribution in [0.15, 0.2) is 64.8 Å². The number of hydrogen-bond donors (Lipinski definition) is 2. The minimum atomic E-state index is -1.11. The normalized spacial score (nSPS) is 17.2. The zero-order valence-corrected chi connectivity index (χ0v) is 16.0. The number of carbonyl (C=O) groups excluding carboxylic acids is 2. The maximum atomic E-state index is 13.2. The first-order valence-electron chi connectivity index (χ1n) is 9.09. The van der Waals surface area contributed by atoms with Crippen molar-refractivity contribution in [1.82, 2.24) is 5.01 Å². The van der Waals surface area contributed by atoms with Crippen LogP contribution in [0.25, 0.3) is 0 Å². The summed E-state index contributed by atoms with van der Waals surface area (Å²) in [4.78, 5) is 24.3. The summed E-state index contributed by atoms with van der Waals surface area (Å²) in [5, 5.41) is 5.55. The van der Waals surface area contributed by atoms with Crippen molar-refractivity contribution in [2.24, 2.45) is 5.10 Å². The van der Waals surface area contributed by atoms with Gasteiger partial charge >= 0.3 is 0 Å². The van der Waals surface area contributed by atoms with E-state index in [-0.39, 0.29) is 5.91 Å². The third-order valence-electron chi connectivity index (χ3n) is 5.21. The van der Waals surface area contributed by atoms with E-state index in [0.717, 1.165) is 11.8 Å². The molecule has 0 saturated carbocycles. The monoisotopic (exact) mass is 388 g/mol. The van der Waals surface area contributed by atoms with E-state index in [1.807, 2.05) is 31.2 Å². The summed E-state index contributed by atoms with van der Waals surface area (Å²) in [5.41, 5.74) is 14.6. The van der Waals surface area contributed by atoms with Crippen molar-refractivity contribution in [2.45, 2.75) is 19.4 Å². The lowest BCUT2D eigenvalue weighted by molar-refractivity contribution is -0.129. The maximum Gasteiger partial charge on any atom is 0.271 e. The van der Waals surface area contributed by atoms with Crippen LogP contribution < -0.4 is 16.2 Å². The molecule has 2 heterocycles. The molecule has 7 nitrogen and oxygen atoms in total. The summed E-state index contributed by atoms with van der Waals surface area (Å²) >= 11 is 0. The minimum Gasteiger partial charge on any atom is -0.456 e. The molecule has 0 bridgehead atoms. The molecule has 0 aromatic heterocycles. The van der Waals surface area contributed by atoms with Gasteiger partial charge in [-0.15, -0.1) is 0 Å². The number of amides is 1. The lowest BCUT2D eigenvalue weighted by atomic mass is 9.74. The Bertz CT molecular complexity index is 1080. The van der Waals surface area contributed by atoms with Crippen LogP contribution in [0, 0.1) is 0 Å². The number of allylic oxidation sites excluding steroid dienone is 1. The van der Waals surface area contributed by atoms with Crippen molar-refractivity contribution in [3.63, 3.8) is 0 Å². The summed E-state index contributed by atoms with van der Waals surface area (Å²) in [6.07, 6.45) is 5.35. The molecule has 1 spiro atoms. The Labute approximate surface area is 167 Å². The van der Waals surface area contributed by atoms with E-state index in [2.05, 4.69) is 5.10 Å². The van der Waals surface area contributed by atoms with Crippen LogP contribution in [-0.2, 0) is 15.1 Å². The highest BCUT2D eigenvalue weighted by atomic mass is 16.5. The molecule has 1 amide bonds. The summed E-state index contributed by atoms with van der Waals surface area (Å²) in [5.74, 6) is 0.696. The van der Waals surface area contributed by atoms with Gasteiger partial charge in [0.2, 0.25) is 0 Å². The summed E-state index contributed by atoms with van der Waals surface area (Å²) in [6.45, 7) is 3.63. The Balaban J connectivity index is 2.17. The summed E-state index contributed by atoms with van der Waals surface area (Å²) in [6, 6.07) is 10.6. The second kappa shape index (κ2) is 6.63. The number of fused-ring (bicyclic) bond motifs is 4. The Hall–Kier alpha value is -3.87. The lowest BCUT2D eigenvalue weighted by Crippen LogP contribution is -2.45. The van der Waals surface area contributed by atoms with Crippen LogP contribution in [0.5, 0.6) is 11.5 Å². The van der Waals surface area contributed by atoms with Crippen molar-refractivity contribution < 1.29 is 14.3 Å². The SMILES string of the molecule is CC=CC1=C(C)C(=O)N(N=CC=O)C12c1ccc(N)cc1Oc1cc(N)ccc12. The largest absolute Gasteiger partial charge is 0.456 e. The molecular formula is C22H20N4O3. The number of nitrogens with two attached hydrogens (primary N) is 2. The van der Waals surface area contributed by atoms with Gasteiger partial charge in [-0.3, -0.25) is 9.59 Å². The van der Waals surface area contributed by atoms with E-state index in [4.69, 9.17) is 16.2 Å². The van der Waals surface area contributed by atoms with Crippen molar-refractivity contribution in [3.8, 4) is 11.5 Å². The average Bonchev–Trinajstić information content (AvgIpc) is 2.89. The molecule has 2 aliphatic rings. The quantitative estimate of drug-likeness (QED) is 0.477. The highest BCUT2D eigenvalue weighted by Gasteiger charge is 2.56. The topological polar surface area (TPSA) is 111 Å². The van der Waals surface area contributed by atoms with Crippen molar-refractivity contribution in [1.29, 1.82) is 0 Å². The molecule has 0 unspecified atom stereocenters. The predicted octanol–water partition coefficient (Wildman–Crippen LogP) is 3.12. The van der Waals surface area contributed by atoms with E-state index >= 15 is 0 Å². The number of nitrogens with zero attached hydrogens (tertiary/aromatic N) is 2. The highest BCUT2D eigenvalue weighted by Crippen LogP contribution is 2.58. The second-order valence-corrected chi connectivity index (χ2v) is 6.88. The van der Waals surface area contributed by atoms with Crippen LogP contribution in [0.4, 0.5) is 11.4 Å². The molecule has 0 fully saturated rings. The third-order valence-corrected chi connectivity index (χ3v) is 5.21. The fraction of sp³-hybridized carbons (Fsp3) is 0.136. The first kappa shape index (κ1) is 18.5. The Morgan fingerprint density at radius 1 is 1.07 bits per heavy atom. The van der Waals surface area contributed by atoms with Gasteiger partial charge in [0, 0.05) is 40.2 Å². The molecule has 4 rings (SSSR count). The predicted molar refractivity (Wildman–Crippen MR) is 111 cm³/mol. The van der Waals surface area contributed by atoms with Gasteiger partial charge in [-0.05, 0) is 31.6 Å². The fourth-order valence-electron chi connectivity index (χ4n) is 4.08. The first-order valence-corrected chi connectivity index (χ1v) is 9.09. The zero-order chi connectivity index (χ0) is 20.8. The standard InChI is InChI=1S/C22H20N4O3/c1-3-4-16-13(2)21(28)26(25-9-10-27)22(16)17-7-5-14(23)11-19(17)29-20-12-15(24)6-8-18(20)22/h3-12H,23-24H2,1-2H3. The van der Waals surface area contributed by atoms with E-state index in [1.54, 1.807) is 31.2 Å². The smallest absolute Gasteiger partial charge is 0.271 e. The van der Waals surface area contributed by atoms with Gasteiger partial charge in [-0.1, -0.05) is 24.3 Å². The van der Waals surface area contributed by atoms with Gasteiger partial charge in [0.05, 0.1) is 6.21 Å². The van der Waals surface area contributed by atoms with Gasteiger partial charge in [-0.2, -0.15) is 5.10 Å². The van der Waals surface area contributed by atoms with Crippen molar-refractivity contribution in [2.75, 3.05) is 11.5 Å². The van der Waals surface area contributed by atoms with Crippen LogP contribution in [0.1, 0.15) is 25.0 Å². The molecule has 0 saturated heterocycles. The Kier molecular flexibility index (Phi) is 4.23. The first-order chi connectivity index (χ1) is 13.9. The van der Waals surface area contributed by atoms with Crippen LogP contribution in [0.2, 0.25) is 0 Å². The number of hydrogen-bond acceptors (Lipinski definition) is 6. The number of hydrazone groups is 1. The van der Waals surface area contributed by atoms with Gasteiger partial charge in [0.1, 0.15) is 17.0 Å². The molecule has 4 N–H and O–H groups in total. The van der Waals surface area contributed by atoms with E-state index in [0.29, 0.717) is 45.9 Å². The maximum absolute atomic E-state index is 13.2. The van der Waals surface area contributed by atoms with Gasteiger partial charge in [-0.25, -0.2) is 5.01 Å². The second-order valence-electron chi connectivity index (χ2n) is 6.88. The minimum absolute atomic E-state index is 0.302. The lowest BCUT2D eigenvalue weighted by Gasteiger charge is -2.42. The zero-order valence-electron chi connectivity index (χ0n) is 16.0.